The molecule has 118 valence electrons. The molecule has 4 heteroatoms. The van der Waals surface area contributed by atoms with E-state index in [9.17, 15) is 0 Å². The molecule has 21 heavy (non-hydrogen) atoms. The number of ether oxygens (including phenoxy) is 1. The van der Waals surface area contributed by atoms with Gasteiger partial charge in [0.15, 0.2) is 0 Å². The van der Waals surface area contributed by atoms with Gasteiger partial charge in [0, 0.05) is 31.0 Å². The fourth-order valence-corrected chi connectivity index (χ4v) is 3.23. The number of hydrogen-bond donors (Lipinski definition) is 1. The van der Waals surface area contributed by atoms with Crippen molar-refractivity contribution in [3.05, 3.63) is 22.8 Å². The van der Waals surface area contributed by atoms with Crippen LogP contribution in [0.4, 0.5) is 0 Å². The van der Waals surface area contributed by atoms with Crippen molar-refractivity contribution in [2.75, 3.05) is 19.7 Å². The third-order valence-electron chi connectivity index (χ3n) is 4.25. The van der Waals surface area contributed by atoms with Crippen LogP contribution in [-0.4, -0.2) is 35.8 Å². The van der Waals surface area contributed by atoms with E-state index < -0.39 is 0 Å². The van der Waals surface area contributed by atoms with Crippen LogP contribution in [0.25, 0.3) is 0 Å². The second-order valence-corrected chi connectivity index (χ2v) is 6.13. The van der Waals surface area contributed by atoms with Gasteiger partial charge in [-0.2, -0.15) is 0 Å². The van der Waals surface area contributed by atoms with Gasteiger partial charge in [0.1, 0.15) is 5.82 Å². The molecule has 0 radical (unpaired) electrons. The summed E-state index contributed by atoms with van der Waals surface area (Å²) in [6.45, 7) is 11.5. The van der Waals surface area contributed by atoms with Gasteiger partial charge in [-0.25, -0.2) is 9.97 Å². The predicted molar refractivity (Wildman–Crippen MR) is 85.8 cm³/mol. The first-order chi connectivity index (χ1) is 10.1. The highest BCUT2D eigenvalue weighted by atomic mass is 16.5. The molecule has 1 aliphatic heterocycles. The molecule has 2 rings (SSSR count). The number of nitrogens with zero attached hydrogens (tertiary/aromatic N) is 2. The maximum absolute atomic E-state index is 5.80. The quantitative estimate of drug-likeness (QED) is 0.875. The topological polar surface area (TPSA) is 47.0 Å². The average Bonchev–Trinajstić information content (AvgIpc) is 2.45. The summed E-state index contributed by atoms with van der Waals surface area (Å²) in [6, 6.07) is 0. The molecule has 0 bridgehead atoms. The highest BCUT2D eigenvalue weighted by Crippen LogP contribution is 2.22. The van der Waals surface area contributed by atoms with E-state index in [1.165, 1.54) is 18.4 Å². The maximum atomic E-state index is 5.80. The van der Waals surface area contributed by atoms with Crippen LogP contribution in [0.5, 0.6) is 0 Å². The molecule has 0 aromatic carbocycles. The number of aromatic nitrogens is 2. The molecule has 0 amide bonds. The van der Waals surface area contributed by atoms with E-state index in [0.717, 1.165) is 49.8 Å². The molecule has 1 aromatic rings. The molecule has 0 spiro atoms. The van der Waals surface area contributed by atoms with Crippen LogP contribution in [0.15, 0.2) is 0 Å². The smallest absolute Gasteiger partial charge is 0.131 e. The molecule has 1 N–H and O–H groups in total. The summed E-state index contributed by atoms with van der Waals surface area (Å²) in [5.74, 6) is 1.39. The van der Waals surface area contributed by atoms with Crippen molar-refractivity contribution < 1.29 is 4.74 Å². The molecule has 2 heterocycles. The number of likely N-dealkylation sites (N-methyl/N-ethyl adjacent to an activating group) is 1. The van der Waals surface area contributed by atoms with Crippen molar-refractivity contribution in [3.8, 4) is 0 Å². The van der Waals surface area contributed by atoms with Gasteiger partial charge in [-0.1, -0.05) is 13.8 Å². The van der Waals surface area contributed by atoms with E-state index in [2.05, 4.69) is 33.0 Å². The fourth-order valence-electron chi connectivity index (χ4n) is 3.23. The van der Waals surface area contributed by atoms with Crippen LogP contribution in [0.3, 0.4) is 0 Å². The van der Waals surface area contributed by atoms with Crippen molar-refractivity contribution in [2.24, 2.45) is 0 Å². The summed E-state index contributed by atoms with van der Waals surface area (Å²) >= 11 is 0. The van der Waals surface area contributed by atoms with Crippen molar-refractivity contribution in [1.82, 2.24) is 15.3 Å². The Kier molecular flexibility index (Phi) is 6.12. The number of nitrogens with one attached hydrogen (secondary N) is 1. The molecule has 0 aliphatic carbocycles. The monoisotopic (exact) mass is 291 g/mol. The number of rotatable bonds is 6. The molecule has 2 atom stereocenters. The zero-order valence-corrected chi connectivity index (χ0v) is 13.9. The third kappa shape index (κ3) is 4.48. The maximum Gasteiger partial charge on any atom is 0.131 e. The minimum Gasteiger partial charge on any atom is -0.378 e. The van der Waals surface area contributed by atoms with Crippen molar-refractivity contribution >= 4 is 0 Å². The van der Waals surface area contributed by atoms with Crippen molar-refractivity contribution in [2.45, 2.75) is 65.4 Å². The highest BCUT2D eigenvalue weighted by Gasteiger charge is 2.19. The third-order valence-corrected chi connectivity index (χ3v) is 4.25. The van der Waals surface area contributed by atoms with Crippen LogP contribution < -0.4 is 5.32 Å². The predicted octanol–water partition coefficient (Wildman–Crippen LogP) is 2.92. The van der Waals surface area contributed by atoms with Gasteiger partial charge in [-0.3, -0.25) is 0 Å². The van der Waals surface area contributed by atoms with Gasteiger partial charge >= 0.3 is 0 Å². The molecule has 1 aliphatic rings. The lowest BCUT2D eigenvalue weighted by Crippen LogP contribution is -2.24. The summed E-state index contributed by atoms with van der Waals surface area (Å²) in [5.41, 5.74) is 3.54. The Balaban J connectivity index is 2.08. The number of aryl methyl sites for hydroxylation is 2. The second-order valence-electron chi connectivity index (χ2n) is 6.13. The van der Waals surface area contributed by atoms with Crippen LogP contribution in [-0.2, 0) is 11.2 Å². The van der Waals surface area contributed by atoms with Gasteiger partial charge in [-0.05, 0) is 51.1 Å². The average molecular weight is 291 g/mol. The fraction of sp³-hybridized carbons (Fsp3) is 0.765. The summed E-state index contributed by atoms with van der Waals surface area (Å²) in [4.78, 5) is 9.48. The minimum absolute atomic E-state index is 0.308. The highest BCUT2D eigenvalue weighted by molar-refractivity contribution is 5.28. The van der Waals surface area contributed by atoms with E-state index in [-0.39, 0.29) is 0 Å². The summed E-state index contributed by atoms with van der Waals surface area (Å²) in [7, 11) is 0. The van der Waals surface area contributed by atoms with E-state index in [4.69, 9.17) is 14.7 Å². The molecular weight excluding hydrogens is 262 g/mol. The molecule has 2 unspecified atom stereocenters. The molecule has 1 aromatic heterocycles. The zero-order chi connectivity index (χ0) is 15.2. The Labute approximate surface area is 128 Å². The van der Waals surface area contributed by atoms with Gasteiger partial charge < -0.3 is 10.1 Å². The van der Waals surface area contributed by atoms with Gasteiger partial charge in [0.25, 0.3) is 0 Å². The Morgan fingerprint density at radius 1 is 1.24 bits per heavy atom. The van der Waals surface area contributed by atoms with E-state index in [1.54, 1.807) is 0 Å². The molecule has 4 nitrogen and oxygen atoms in total. The van der Waals surface area contributed by atoms with E-state index in [0.29, 0.717) is 12.0 Å². The normalized spacial score (nSPS) is 20.5. The van der Waals surface area contributed by atoms with E-state index >= 15 is 0 Å². The molecule has 1 saturated heterocycles. The van der Waals surface area contributed by atoms with Gasteiger partial charge in [0.2, 0.25) is 0 Å². The first-order valence-corrected chi connectivity index (χ1v) is 8.28. The summed E-state index contributed by atoms with van der Waals surface area (Å²) in [5, 5.41) is 3.41. The Bertz CT molecular complexity index is 432. The summed E-state index contributed by atoms with van der Waals surface area (Å²) in [6.07, 6.45) is 4.75. The SMILES string of the molecule is CCNCC(C)c1c(C)nc(CC2CCCCO2)nc1C. The standard InChI is InChI=1S/C17H29N3O/c1-5-18-11-12(2)17-13(3)19-16(20-14(17)4)10-15-8-6-7-9-21-15/h12,15,18H,5-11H2,1-4H3. The summed E-state index contributed by atoms with van der Waals surface area (Å²) < 4.78 is 5.80. The Morgan fingerprint density at radius 3 is 2.52 bits per heavy atom. The second kappa shape index (κ2) is 7.85. The molecule has 1 fully saturated rings. The lowest BCUT2D eigenvalue weighted by molar-refractivity contribution is 0.0156. The van der Waals surface area contributed by atoms with Crippen LogP contribution in [0.2, 0.25) is 0 Å². The Morgan fingerprint density at radius 2 is 1.95 bits per heavy atom. The Hall–Kier alpha value is -1.00. The van der Waals surface area contributed by atoms with Crippen LogP contribution >= 0.6 is 0 Å². The first-order valence-electron chi connectivity index (χ1n) is 8.28. The molecular formula is C17H29N3O. The lowest BCUT2D eigenvalue weighted by atomic mass is 9.97. The van der Waals surface area contributed by atoms with Crippen molar-refractivity contribution in [3.63, 3.8) is 0 Å². The van der Waals surface area contributed by atoms with Crippen molar-refractivity contribution in [1.29, 1.82) is 0 Å². The van der Waals surface area contributed by atoms with E-state index in [1.807, 2.05) is 0 Å². The van der Waals surface area contributed by atoms with Crippen LogP contribution in [0, 0.1) is 13.8 Å². The molecule has 0 saturated carbocycles. The van der Waals surface area contributed by atoms with Gasteiger partial charge in [-0.15, -0.1) is 0 Å². The largest absolute Gasteiger partial charge is 0.378 e. The van der Waals surface area contributed by atoms with Gasteiger partial charge in [0.05, 0.1) is 6.10 Å². The first kappa shape index (κ1) is 16.4. The minimum atomic E-state index is 0.308. The zero-order valence-electron chi connectivity index (χ0n) is 13.9. The van der Waals surface area contributed by atoms with Crippen LogP contribution in [0.1, 0.15) is 61.8 Å². The lowest BCUT2D eigenvalue weighted by Gasteiger charge is -2.23. The number of hydrogen-bond acceptors (Lipinski definition) is 4.